The van der Waals surface area contributed by atoms with Crippen molar-refractivity contribution < 1.29 is 35.9 Å². The van der Waals surface area contributed by atoms with Gasteiger partial charge in [0.2, 0.25) is 11.8 Å². The van der Waals surface area contributed by atoms with E-state index in [0.29, 0.717) is 92.9 Å². The number of alkyl halides is 6. The highest BCUT2D eigenvalue weighted by atomic mass is 35.5. The van der Waals surface area contributed by atoms with Crippen molar-refractivity contribution in [1.29, 1.82) is 0 Å². The third kappa shape index (κ3) is 12.7. The lowest BCUT2D eigenvalue weighted by Crippen LogP contribution is -2.47. The van der Waals surface area contributed by atoms with Crippen LogP contribution in [0.3, 0.4) is 0 Å². The summed E-state index contributed by atoms with van der Waals surface area (Å²) < 4.78 is 78.3. The predicted molar refractivity (Wildman–Crippen MR) is 262 cm³/mol. The van der Waals surface area contributed by atoms with E-state index in [1.807, 2.05) is 39.6 Å². The average Bonchev–Trinajstić information content (AvgIpc) is 3.36. The second kappa shape index (κ2) is 22.4. The summed E-state index contributed by atoms with van der Waals surface area (Å²) in [4.78, 5) is 57.4. The Bertz CT molecular complexity index is 2800. The van der Waals surface area contributed by atoms with Gasteiger partial charge in [-0.1, -0.05) is 75.2 Å². The Labute approximate surface area is 417 Å². The molecule has 0 radical (unpaired) electrons. The number of carbonyl (C=O) groups excluding carboxylic acids is 2. The molecule has 2 aliphatic heterocycles. The van der Waals surface area contributed by atoms with Crippen molar-refractivity contribution >= 4 is 46.7 Å². The molecule has 6 heterocycles. The average molecular weight is 1020 g/mol. The minimum Gasteiger partial charge on any atom is -0.355 e. The van der Waals surface area contributed by atoms with E-state index in [4.69, 9.17) is 33.2 Å². The molecular weight excluding hydrogens is 970 g/mol. The second-order valence-electron chi connectivity index (χ2n) is 18.0. The van der Waals surface area contributed by atoms with E-state index in [1.54, 1.807) is 36.9 Å². The van der Waals surface area contributed by atoms with Gasteiger partial charge >= 0.3 is 12.4 Å². The van der Waals surface area contributed by atoms with E-state index < -0.39 is 23.5 Å². The molecule has 6 aromatic rings. The number of nitrogens with one attached hydrogen (secondary N) is 1. The normalized spacial score (nSPS) is 14.9. The molecular formula is C51H52Cl2F6N10O2. The molecule has 0 saturated carbocycles. The van der Waals surface area contributed by atoms with Crippen LogP contribution in [0, 0.1) is 11.8 Å². The van der Waals surface area contributed by atoms with E-state index in [2.05, 4.69) is 35.1 Å². The maximum absolute atomic E-state index is 13.1. The van der Waals surface area contributed by atoms with E-state index in [-0.39, 0.29) is 35.7 Å². The van der Waals surface area contributed by atoms with Crippen LogP contribution in [-0.2, 0) is 21.9 Å². The van der Waals surface area contributed by atoms with Gasteiger partial charge in [0.1, 0.15) is 23.0 Å². The first-order valence-corrected chi connectivity index (χ1v) is 23.8. The molecule has 71 heavy (non-hydrogen) atoms. The zero-order valence-electron chi connectivity index (χ0n) is 39.6. The number of rotatable bonds is 10. The highest BCUT2D eigenvalue weighted by Crippen LogP contribution is 2.39. The Morgan fingerprint density at radius 1 is 0.606 bits per heavy atom. The highest BCUT2D eigenvalue weighted by molar-refractivity contribution is 6.33. The third-order valence-corrected chi connectivity index (χ3v) is 13.0. The molecule has 0 spiro atoms. The Balaban J connectivity index is 0.000000209. The quantitative estimate of drug-likeness (QED) is 0.132. The van der Waals surface area contributed by atoms with Crippen molar-refractivity contribution in [3.05, 3.63) is 119 Å². The fraction of sp³-hybridized carbons (Fsp3) is 0.373. The third-order valence-electron chi connectivity index (χ3n) is 12.4. The van der Waals surface area contributed by atoms with Crippen LogP contribution < -0.4 is 15.1 Å². The lowest BCUT2D eigenvalue weighted by atomic mass is 10.0. The van der Waals surface area contributed by atoms with Crippen LogP contribution in [-0.4, -0.2) is 91.9 Å². The molecule has 12 nitrogen and oxygen atoms in total. The summed E-state index contributed by atoms with van der Waals surface area (Å²) in [5.74, 6) is 1.33. The monoisotopic (exact) mass is 1020 g/mol. The lowest BCUT2D eigenvalue weighted by Gasteiger charge is -2.38. The fourth-order valence-corrected chi connectivity index (χ4v) is 8.74. The van der Waals surface area contributed by atoms with Gasteiger partial charge in [-0.3, -0.25) is 29.5 Å². The number of nitrogens with zero attached hydrogens (tertiary/aromatic N) is 9. The Morgan fingerprint density at radius 2 is 1.01 bits per heavy atom. The molecule has 8 rings (SSSR count). The second-order valence-corrected chi connectivity index (χ2v) is 18.8. The van der Waals surface area contributed by atoms with Crippen LogP contribution in [0.4, 0.5) is 38.0 Å². The summed E-state index contributed by atoms with van der Waals surface area (Å²) in [6.07, 6.45) is 3.68. The van der Waals surface area contributed by atoms with Gasteiger partial charge in [0.15, 0.2) is 0 Å². The van der Waals surface area contributed by atoms with Gasteiger partial charge in [0.05, 0.1) is 45.0 Å². The minimum atomic E-state index is -4.43. The van der Waals surface area contributed by atoms with Crippen LogP contribution in [0.1, 0.15) is 64.5 Å². The predicted octanol–water partition coefficient (Wildman–Crippen LogP) is 11.6. The van der Waals surface area contributed by atoms with Crippen molar-refractivity contribution in [2.24, 2.45) is 11.8 Å². The van der Waals surface area contributed by atoms with Crippen LogP contribution in [0.5, 0.6) is 0 Å². The Morgan fingerprint density at radius 3 is 1.38 bits per heavy atom. The maximum atomic E-state index is 13.1. The molecule has 2 saturated heterocycles. The number of pyridine rings is 2. The summed E-state index contributed by atoms with van der Waals surface area (Å²) in [6.45, 7) is 10.3. The summed E-state index contributed by atoms with van der Waals surface area (Å²) in [6, 6.07) is 13.3. The van der Waals surface area contributed by atoms with Gasteiger partial charge in [0, 0.05) is 104 Å². The van der Waals surface area contributed by atoms with Gasteiger partial charge in [-0.2, -0.15) is 26.3 Å². The first-order chi connectivity index (χ1) is 33.7. The van der Waals surface area contributed by atoms with Gasteiger partial charge in [-0.05, 0) is 62.1 Å². The molecule has 20 heteroatoms. The first-order valence-electron chi connectivity index (χ1n) is 23.1. The largest absolute Gasteiger partial charge is 0.416 e. The van der Waals surface area contributed by atoms with Gasteiger partial charge in [-0.25, -0.2) is 9.97 Å². The van der Waals surface area contributed by atoms with Crippen molar-refractivity contribution in [2.45, 2.75) is 77.8 Å². The molecule has 0 aliphatic carbocycles. The zero-order chi connectivity index (χ0) is 51.2. The number of benzene rings is 2. The van der Waals surface area contributed by atoms with Crippen LogP contribution in [0.25, 0.3) is 45.0 Å². The van der Waals surface area contributed by atoms with Gasteiger partial charge in [-0.15, -0.1) is 0 Å². The molecule has 0 atom stereocenters. The molecule has 2 aliphatic rings. The summed E-state index contributed by atoms with van der Waals surface area (Å²) in [7, 11) is 1.85. The van der Waals surface area contributed by atoms with Crippen molar-refractivity contribution in [3.8, 4) is 45.0 Å². The number of halogens is 8. The summed E-state index contributed by atoms with van der Waals surface area (Å²) in [5.41, 5.74) is 2.49. The van der Waals surface area contributed by atoms with E-state index in [0.717, 1.165) is 49.9 Å². The molecule has 374 valence electrons. The fourth-order valence-electron chi connectivity index (χ4n) is 8.32. The summed E-state index contributed by atoms with van der Waals surface area (Å²) >= 11 is 12.8. The van der Waals surface area contributed by atoms with Crippen molar-refractivity contribution in [2.75, 3.05) is 43.0 Å². The molecule has 2 aromatic carbocycles. The molecule has 1 N–H and O–H groups in total. The molecule has 2 fully saturated rings. The molecule has 0 unspecified atom stereocenters. The number of anilines is 2. The highest BCUT2D eigenvalue weighted by Gasteiger charge is 2.33. The Hall–Kier alpha value is -6.40. The number of piperidine rings is 2. The summed E-state index contributed by atoms with van der Waals surface area (Å²) in [5, 5.41) is 3.80. The lowest BCUT2D eigenvalue weighted by molar-refractivity contribution is -0.138. The van der Waals surface area contributed by atoms with Crippen LogP contribution in [0.15, 0.2) is 97.8 Å². The van der Waals surface area contributed by atoms with Crippen molar-refractivity contribution in [3.63, 3.8) is 0 Å². The number of aromatic nitrogens is 6. The van der Waals surface area contributed by atoms with Crippen LogP contribution >= 0.6 is 23.2 Å². The van der Waals surface area contributed by atoms with E-state index in [1.165, 1.54) is 36.7 Å². The number of amides is 2. The molecule has 0 bridgehead atoms. The number of hydrogen-bond donors (Lipinski definition) is 1. The number of carbonyl (C=O) groups is 2. The first kappa shape index (κ1) is 52.4. The SMILES string of the molecule is CC(C)C(=O)N(C)C1CCN(c2cnc(-c3ccc(C(F)(F)F)cc3)c(-c3ccncc3Cl)n2)CC1.CC(C)C(=O)NC1CCN(c2cnc(-c3ccc(C(F)(F)F)cc3)c(-c3ccncc3Cl)n2)CC1. The number of hydrogen-bond acceptors (Lipinski definition) is 10. The topological polar surface area (TPSA) is 133 Å². The van der Waals surface area contributed by atoms with E-state index >= 15 is 0 Å². The zero-order valence-corrected chi connectivity index (χ0v) is 41.1. The van der Waals surface area contributed by atoms with Crippen LogP contribution in [0.2, 0.25) is 10.0 Å². The maximum Gasteiger partial charge on any atom is 0.416 e. The molecule has 4 aromatic heterocycles. The van der Waals surface area contributed by atoms with Crippen molar-refractivity contribution in [1.82, 2.24) is 40.1 Å². The smallest absolute Gasteiger partial charge is 0.355 e. The minimum absolute atomic E-state index is 0.0405. The van der Waals surface area contributed by atoms with Gasteiger partial charge < -0.3 is 20.0 Å². The molecule has 2 amide bonds. The Kier molecular flexibility index (Phi) is 16.5. The van der Waals surface area contributed by atoms with E-state index in [9.17, 15) is 35.9 Å². The van der Waals surface area contributed by atoms with Gasteiger partial charge in [0.25, 0.3) is 0 Å². The standard InChI is InChI=1S/C26H27ClF3N5O.C25H25ClF3N5O/c1-16(2)25(36)34(3)19-9-12-35(13-10-19)22-15-32-23(17-4-6-18(7-5-17)26(28,29)30)24(33-22)20-8-11-31-14-21(20)27;1-15(2)24(35)32-18-8-11-34(12-9-18)21-14-31-22(16-3-5-17(6-4-16)25(27,28)29)23(33-21)19-7-10-30-13-20(19)26/h4-8,11,14-16,19H,9-10,12-13H2,1-3H3;3-7,10,13-15,18H,8-9,11-12H2,1-2H3,(H,32,35).